The maximum atomic E-state index is 13.6. The van der Waals surface area contributed by atoms with Gasteiger partial charge in [-0.25, -0.2) is 4.39 Å². The summed E-state index contributed by atoms with van der Waals surface area (Å²) in [5.74, 6) is -0.819. The topological polar surface area (TPSA) is 65.2 Å². The van der Waals surface area contributed by atoms with E-state index < -0.39 is 12.0 Å². The quantitative estimate of drug-likeness (QED) is 0.864. The number of carbonyl (C=O) groups excluding carboxylic acids is 1. The van der Waals surface area contributed by atoms with Crippen LogP contribution in [0.3, 0.4) is 0 Å². The Morgan fingerprint density at radius 2 is 1.91 bits per heavy atom. The number of ether oxygens (including phenoxy) is 1. The van der Waals surface area contributed by atoms with Crippen molar-refractivity contribution in [3.05, 3.63) is 54.1 Å². The van der Waals surface area contributed by atoms with E-state index in [4.69, 9.17) is 5.73 Å². The Hall–Kier alpha value is -1.69. The van der Waals surface area contributed by atoms with E-state index >= 15 is 0 Å². The average Bonchev–Trinajstić information content (AvgIpc) is 2.48. The number of rotatable bonds is 4. The third-order valence-electron chi connectivity index (χ3n) is 3.00. The van der Waals surface area contributed by atoms with Crippen LogP contribution in [0.2, 0.25) is 0 Å². The minimum atomic E-state index is -0.691. The molecule has 0 fully saturated rings. The maximum absolute atomic E-state index is 13.6. The van der Waals surface area contributed by atoms with Crippen molar-refractivity contribution in [3.8, 4) is 11.1 Å². The summed E-state index contributed by atoms with van der Waals surface area (Å²) >= 11 is 0. The first-order chi connectivity index (χ1) is 9.61. The van der Waals surface area contributed by atoms with Gasteiger partial charge in [0.1, 0.15) is 11.9 Å². The number of benzene rings is 1. The second kappa shape index (κ2) is 9.35. The van der Waals surface area contributed by atoms with Gasteiger partial charge in [-0.2, -0.15) is 0 Å². The van der Waals surface area contributed by atoms with Crippen LogP contribution in [0.25, 0.3) is 11.1 Å². The Labute approximate surface area is 140 Å². The number of nitrogens with two attached hydrogens (primary N) is 1. The van der Waals surface area contributed by atoms with Crippen LogP contribution in [0.4, 0.5) is 4.39 Å². The maximum Gasteiger partial charge on any atom is 0.322 e. The van der Waals surface area contributed by atoms with Crippen molar-refractivity contribution in [2.75, 3.05) is 7.11 Å². The predicted molar refractivity (Wildman–Crippen MR) is 87.8 cm³/mol. The molecule has 0 aliphatic carbocycles. The minimum Gasteiger partial charge on any atom is -0.468 e. The van der Waals surface area contributed by atoms with E-state index in [1.54, 1.807) is 24.4 Å². The van der Waals surface area contributed by atoms with Crippen molar-refractivity contribution < 1.29 is 13.9 Å². The molecule has 0 radical (unpaired) electrons. The molecule has 22 heavy (non-hydrogen) atoms. The molecule has 0 saturated heterocycles. The van der Waals surface area contributed by atoms with E-state index in [0.717, 1.165) is 11.1 Å². The van der Waals surface area contributed by atoms with Crippen LogP contribution in [-0.2, 0) is 16.0 Å². The SMILES string of the molecule is COC(=O)C(N)Cc1ccc(-c2ccncc2F)cc1.Cl.Cl. The minimum absolute atomic E-state index is 0. The molecule has 1 atom stereocenters. The van der Waals surface area contributed by atoms with Gasteiger partial charge >= 0.3 is 5.97 Å². The molecule has 2 aromatic rings. The summed E-state index contributed by atoms with van der Waals surface area (Å²) in [5.41, 5.74) is 7.82. The first-order valence-corrected chi connectivity index (χ1v) is 6.14. The fourth-order valence-corrected chi connectivity index (χ4v) is 1.92. The largest absolute Gasteiger partial charge is 0.468 e. The number of hydrogen-bond acceptors (Lipinski definition) is 4. The van der Waals surface area contributed by atoms with E-state index in [0.29, 0.717) is 12.0 Å². The van der Waals surface area contributed by atoms with Crippen molar-refractivity contribution in [3.63, 3.8) is 0 Å². The summed E-state index contributed by atoms with van der Waals surface area (Å²) in [7, 11) is 1.30. The molecule has 120 valence electrons. The molecule has 0 aliphatic heterocycles. The Kier molecular flexibility index (Phi) is 8.63. The van der Waals surface area contributed by atoms with E-state index in [1.165, 1.54) is 13.3 Å². The van der Waals surface area contributed by atoms with Gasteiger partial charge in [0.05, 0.1) is 13.3 Å². The Balaban J connectivity index is 0.00000220. The van der Waals surface area contributed by atoms with Crippen LogP contribution < -0.4 is 5.73 Å². The van der Waals surface area contributed by atoms with E-state index in [2.05, 4.69) is 9.72 Å². The molecule has 1 heterocycles. The zero-order valence-corrected chi connectivity index (χ0v) is 13.5. The molecular formula is C15H17Cl2FN2O2. The van der Waals surface area contributed by atoms with Gasteiger partial charge in [-0.05, 0) is 23.6 Å². The third kappa shape index (κ3) is 4.94. The van der Waals surface area contributed by atoms with Gasteiger partial charge in [0.2, 0.25) is 0 Å². The third-order valence-corrected chi connectivity index (χ3v) is 3.00. The summed E-state index contributed by atoms with van der Waals surface area (Å²) in [6.07, 6.45) is 3.10. The molecule has 2 rings (SSSR count). The lowest BCUT2D eigenvalue weighted by molar-refractivity contribution is -0.142. The summed E-state index contributed by atoms with van der Waals surface area (Å²) in [4.78, 5) is 15.0. The second-order valence-corrected chi connectivity index (χ2v) is 4.39. The zero-order valence-electron chi connectivity index (χ0n) is 11.9. The van der Waals surface area contributed by atoms with Gasteiger partial charge in [-0.3, -0.25) is 9.78 Å². The number of carbonyl (C=O) groups is 1. The fraction of sp³-hybridized carbons (Fsp3) is 0.200. The highest BCUT2D eigenvalue weighted by Crippen LogP contribution is 2.22. The molecule has 2 N–H and O–H groups in total. The fourth-order valence-electron chi connectivity index (χ4n) is 1.92. The number of pyridine rings is 1. The molecule has 0 saturated carbocycles. The van der Waals surface area contributed by atoms with E-state index in [-0.39, 0.29) is 30.6 Å². The molecule has 1 aromatic heterocycles. The number of nitrogens with zero attached hydrogens (tertiary/aromatic N) is 1. The number of methoxy groups -OCH3 is 1. The Bertz CT molecular complexity index is 609. The molecule has 0 aliphatic rings. The highest BCUT2D eigenvalue weighted by Gasteiger charge is 2.14. The van der Waals surface area contributed by atoms with Crippen LogP contribution in [-0.4, -0.2) is 24.1 Å². The predicted octanol–water partition coefficient (Wildman–Crippen LogP) is 2.77. The molecule has 0 spiro atoms. The monoisotopic (exact) mass is 346 g/mol. The van der Waals surface area contributed by atoms with E-state index in [1.807, 2.05) is 12.1 Å². The lowest BCUT2D eigenvalue weighted by Gasteiger charge is -2.10. The van der Waals surface area contributed by atoms with Gasteiger partial charge in [0, 0.05) is 11.8 Å². The second-order valence-electron chi connectivity index (χ2n) is 4.39. The van der Waals surface area contributed by atoms with Crippen molar-refractivity contribution in [2.45, 2.75) is 12.5 Å². The van der Waals surface area contributed by atoms with Crippen molar-refractivity contribution in [1.29, 1.82) is 0 Å². The number of hydrogen-bond donors (Lipinski definition) is 1. The van der Waals surface area contributed by atoms with Gasteiger partial charge in [0.15, 0.2) is 0 Å². The van der Waals surface area contributed by atoms with Gasteiger partial charge < -0.3 is 10.5 Å². The van der Waals surface area contributed by atoms with Crippen LogP contribution in [0, 0.1) is 5.82 Å². The lowest BCUT2D eigenvalue weighted by atomic mass is 10.0. The standard InChI is InChI=1S/C15H15FN2O2.2ClH/c1-20-15(19)14(17)8-10-2-4-11(5-3-10)12-6-7-18-9-13(12)16;;/h2-7,9,14H,8,17H2,1H3;2*1H. The Morgan fingerprint density at radius 3 is 2.45 bits per heavy atom. The van der Waals surface area contributed by atoms with E-state index in [9.17, 15) is 9.18 Å². The molecule has 4 nitrogen and oxygen atoms in total. The van der Waals surface area contributed by atoms with Gasteiger partial charge in [0.25, 0.3) is 0 Å². The summed E-state index contributed by atoms with van der Waals surface area (Å²) in [5, 5.41) is 0. The van der Waals surface area contributed by atoms with Crippen molar-refractivity contribution in [1.82, 2.24) is 4.98 Å². The lowest BCUT2D eigenvalue weighted by Crippen LogP contribution is -2.33. The molecular weight excluding hydrogens is 330 g/mol. The first kappa shape index (κ1) is 20.3. The number of halogens is 3. The Morgan fingerprint density at radius 1 is 1.27 bits per heavy atom. The summed E-state index contributed by atoms with van der Waals surface area (Å²) in [6, 6.07) is 8.14. The first-order valence-electron chi connectivity index (χ1n) is 6.14. The normalized spacial score (nSPS) is 10.9. The molecule has 7 heteroatoms. The molecule has 0 bridgehead atoms. The number of esters is 1. The van der Waals surface area contributed by atoms with Crippen molar-refractivity contribution >= 4 is 30.8 Å². The highest BCUT2D eigenvalue weighted by atomic mass is 35.5. The molecule has 1 aromatic carbocycles. The van der Waals surface area contributed by atoms with Crippen LogP contribution in [0.15, 0.2) is 42.7 Å². The van der Waals surface area contributed by atoms with Gasteiger partial charge in [-0.1, -0.05) is 24.3 Å². The molecule has 1 unspecified atom stereocenters. The van der Waals surface area contributed by atoms with Crippen LogP contribution in [0.5, 0.6) is 0 Å². The summed E-state index contributed by atoms with van der Waals surface area (Å²) < 4.78 is 18.2. The molecule has 0 amide bonds. The van der Waals surface area contributed by atoms with Gasteiger partial charge in [-0.15, -0.1) is 24.8 Å². The number of aromatic nitrogens is 1. The average molecular weight is 347 g/mol. The highest BCUT2D eigenvalue weighted by molar-refractivity contribution is 5.85. The zero-order chi connectivity index (χ0) is 14.5. The smallest absolute Gasteiger partial charge is 0.322 e. The van der Waals surface area contributed by atoms with Crippen LogP contribution in [0.1, 0.15) is 5.56 Å². The van der Waals surface area contributed by atoms with Crippen LogP contribution >= 0.6 is 24.8 Å². The summed E-state index contributed by atoms with van der Waals surface area (Å²) in [6.45, 7) is 0. The van der Waals surface area contributed by atoms with Crippen molar-refractivity contribution in [2.24, 2.45) is 5.73 Å².